The third-order valence-electron chi connectivity index (χ3n) is 6.18. The molecule has 1 aliphatic rings. The van der Waals surface area contributed by atoms with Crippen LogP contribution in [0.2, 0.25) is 5.02 Å². The van der Waals surface area contributed by atoms with E-state index in [1.165, 1.54) is 50.3 Å². The van der Waals surface area contributed by atoms with Gasteiger partial charge in [-0.05, 0) is 48.6 Å². The summed E-state index contributed by atoms with van der Waals surface area (Å²) in [4.78, 5) is 12.3. The number of hydrogen-bond acceptors (Lipinski definition) is 6. The van der Waals surface area contributed by atoms with Crippen molar-refractivity contribution < 1.29 is 19.7 Å². The minimum absolute atomic E-state index is 0.0894. The smallest absolute Gasteiger partial charge is 0.271 e. The van der Waals surface area contributed by atoms with Gasteiger partial charge < -0.3 is 20.3 Å². The number of ether oxygens (including phenoxy) is 1. The van der Waals surface area contributed by atoms with Crippen LogP contribution in [-0.4, -0.2) is 47.6 Å². The van der Waals surface area contributed by atoms with Crippen LogP contribution in [0.15, 0.2) is 59.7 Å². The van der Waals surface area contributed by atoms with Gasteiger partial charge in [0, 0.05) is 29.1 Å². The Morgan fingerprint density at radius 1 is 1.11 bits per heavy atom. The molecule has 3 aromatic rings. The highest BCUT2D eigenvalue weighted by Crippen LogP contribution is 2.28. The average Bonchev–Trinajstić information content (AvgIpc) is 2.89. The summed E-state index contributed by atoms with van der Waals surface area (Å²) in [5, 5.41) is 29.3. The van der Waals surface area contributed by atoms with Crippen LogP contribution >= 0.6 is 11.6 Å². The van der Waals surface area contributed by atoms with E-state index in [0.29, 0.717) is 18.3 Å². The van der Waals surface area contributed by atoms with Crippen molar-refractivity contribution >= 4 is 34.5 Å². The molecule has 1 amide bonds. The number of phenols is 1. The first-order valence-corrected chi connectivity index (χ1v) is 12.3. The minimum atomic E-state index is -0.597. The Hall–Kier alpha value is -3.13. The third kappa shape index (κ3) is 6.72. The van der Waals surface area contributed by atoms with Crippen LogP contribution in [0, 0.1) is 0 Å². The summed E-state index contributed by atoms with van der Waals surface area (Å²) in [6.07, 6.45) is 7.11. The van der Waals surface area contributed by atoms with Crippen LogP contribution in [0.1, 0.15) is 48.0 Å². The first kappa shape index (κ1) is 25.0. The molecular weight excluding hydrogens is 466 g/mol. The molecule has 184 valence electrons. The molecule has 1 aliphatic carbocycles. The Morgan fingerprint density at radius 3 is 2.66 bits per heavy atom. The molecule has 4 N–H and O–H groups in total. The summed E-state index contributed by atoms with van der Waals surface area (Å²) >= 11 is 5.87. The number of nitrogens with one attached hydrogen (secondary N) is 2. The van der Waals surface area contributed by atoms with Crippen LogP contribution in [0.25, 0.3) is 10.8 Å². The van der Waals surface area contributed by atoms with Gasteiger partial charge in [-0.25, -0.2) is 5.43 Å². The van der Waals surface area contributed by atoms with Gasteiger partial charge in [0.2, 0.25) is 0 Å². The largest absolute Gasteiger partial charge is 0.506 e. The van der Waals surface area contributed by atoms with Crippen molar-refractivity contribution in [2.24, 2.45) is 5.10 Å². The van der Waals surface area contributed by atoms with Gasteiger partial charge in [0.15, 0.2) is 0 Å². The van der Waals surface area contributed by atoms with Crippen molar-refractivity contribution in [1.29, 1.82) is 0 Å². The second-order valence-electron chi connectivity index (χ2n) is 8.77. The normalized spacial score (nSPS) is 15.4. The van der Waals surface area contributed by atoms with Crippen LogP contribution in [0.4, 0.5) is 0 Å². The van der Waals surface area contributed by atoms with Crippen LogP contribution in [0.3, 0.4) is 0 Å². The van der Waals surface area contributed by atoms with Crippen molar-refractivity contribution in [2.75, 3.05) is 13.2 Å². The molecule has 0 bridgehead atoms. The highest BCUT2D eigenvalue weighted by atomic mass is 35.5. The Kier molecular flexibility index (Phi) is 8.58. The number of hydrazone groups is 1. The second-order valence-corrected chi connectivity index (χ2v) is 9.18. The molecule has 8 heteroatoms. The molecule has 1 saturated carbocycles. The van der Waals surface area contributed by atoms with Crippen LogP contribution < -0.4 is 15.5 Å². The standard InChI is InChI=1S/C27H30ClN3O4/c28-24-14-18(10-12-25(24)33)27(34)31-30-15-19-11-13-26(23-9-5-4-8-22(19)23)35-17-21(32)16-29-20-6-2-1-3-7-20/h4-5,8-15,20-21,29,32-33H,1-3,6-7,16-17H2,(H,31,34). The fourth-order valence-electron chi connectivity index (χ4n) is 4.26. The van der Waals surface area contributed by atoms with Crippen molar-refractivity contribution in [3.63, 3.8) is 0 Å². The topological polar surface area (TPSA) is 103 Å². The van der Waals surface area contributed by atoms with E-state index in [-0.39, 0.29) is 22.9 Å². The monoisotopic (exact) mass is 495 g/mol. The van der Waals surface area contributed by atoms with Crippen molar-refractivity contribution in [3.8, 4) is 11.5 Å². The predicted octanol–water partition coefficient (Wildman–Crippen LogP) is 4.62. The van der Waals surface area contributed by atoms with E-state index < -0.39 is 12.0 Å². The fourth-order valence-corrected chi connectivity index (χ4v) is 4.44. The lowest BCUT2D eigenvalue weighted by molar-refractivity contribution is 0.0955. The van der Waals surface area contributed by atoms with E-state index in [2.05, 4.69) is 15.8 Å². The van der Waals surface area contributed by atoms with Crippen LogP contribution in [0.5, 0.6) is 11.5 Å². The molecule has 7 nitrogen and oxygen atoms in total. The zero-order chi connectivity index (χ0) is 24.6. The number of hydrogen-bond donors (Lipinski definition) is 4. The number of phenolic OH excluding ortho intramolecular Hbond substituents is 1. The zero-order valence-electron chi connectivity index (χ0n) is 19.4. The quantitative estimate of drug-likeness (QED) is 0.256. The maximum Gasteiger partial charge on any atom is 0.271 e. The molecule has 0 aliphatic heterocycles. The first-order chi connectivity index (χ1) is 17.0. The minimum Gasteiger partial charge on any atom is -0.506 e. The molecular formula is C27H30ClN3O4. The number of aliphatic hydroxyl groups excluding tert-OH is 1. The summed E-state index contributed by atoms with van der Waals surface area (Å²) in [5.41, 5.74) is 3.56. The molecule has 3 aromatic carbocycles. The number of nitrogens with zero attached hydrogens (tertiary/aromatic N) is 1. The van der Waals surface area contributed by atoms with Gasteiger partial charge in [0.1, 0.15) is 24.2 Å². The Labute approximate surface area is 209 Å². The molecule has 4 rings (SSSR count). The first-order valence-electron chi connectivity index (χ1n) is 11.9. The second kappa shape index (κ2) is 12.0. The molecule has 35 heavy (non-hydrogen) atoms. The van der Waals surface area contributed by atoms with Crippen LogP contribution in [-0.2, 0) is 0 Å². The SMILES string of the molecule is O=C(NN=Cc1ccc(OCC(O)CNC2CCCCC2)c2ccccc12)c1ccc(O)c(Cl)c1. The number of aliphatic hydroxyl groups is 1. The van der Waals surface area contributed by atoms with E-state index in [0.717, 1.165) is 16.3 Å². The number of aromatic hydroxyl groups is 1. The Morgan fingerprint density at radius 2 is 1.89 bits per heavy atom. The van der Waals surface area contributed by atoms with Crippen molar-refractivity contribution in [3.05, 3.63) is 70.7 Å². The van der Waals surface area contributed by atoms with E-state index in [9.17, 15) is 15.0 Å². The predicted molar refractivity (Wildman–Crippen MR) is 139 cm³/mol. The molecule has 0 spiro atoms. The van der Waals surface area contributed by atoms with Gasteiger partial charge in [0.25, 0.3) is 5.91 Å². The molecule has 1 atom stereocenters. The molecule has 0 radical (unpaired) electrons. The van der Waals surface area contributed by atoms with Gasteiger partial charge in [-0.2, -0.15) is 5.10 Å². The van der Waals surface area contributed by atoms with Gasteiger partial charge in [-0.3, -0.25) is 4.79 Å². The number of carbonyl (C=O) groups excluding carboxylic acids is 1. The molecule has 0 saturated heterocycles. The number of fused-ring (bicyclic) bond motifs is 1. The molecule has 0 heterocycles. The maximum absolute atomic E-state index is 12.3. The van der Waals surface area contributed by atoms with E-state index in [1.807, 2.05) is 36.4 Å². The lowest BCUT2D eigenvalue weighted by atomic mass is 9.95. The third-order valence-corrected chi connectivity index (χ3v) is 6.48. The Balaban J connectivity index is 1.37. The summed E-state index contributed by atoms with van der Waals surface area (Å²) in [6, 6.07) is 16.1. The van der Waals surface area contributed by atoms with E-state index in [1.54, 1.807) is 6.21 Å². The molecule has 0 aromatic heterocycles. The lowest BCUT2D eigenvalue weighted by Crippen LogP contribution is -2.38. The maximum atomic E-state index is 12.3. The van der Waals surface area contributed by atoms with Crippen molar-refractivity contribution in [2.45, 2.75) is 44.2 Å². The van der Waals surface area contributed by atoms with Gasteiger partial charge >= 0.3 is 0 Å². The summed E-state index contributed by atoms with van der Waals surface area (Å²) < 4.78 is 5.96. The zero-order valence-corrected chi connectivity index (χ0v) is 20.2. The highest BCUT2D eigenvalue weighted by Gasteiger charge is 2.15. The number of rotatable bonds is 9. The van der Waals surface area contributed by atoms with Crippen molar-refractivity contribution in [1.82, 2.24) is 10.7 Å². The van der Waals surface area contributed by atoms with Gasteiger partial charge in [0.05, 0.1) is 11.2 Å². The van der Waals surface area contributed by atoms with E-state index in [4.69, 9.17) is 16.3 Å². The fraction of sp³-hybridized carbons (Fsp3) is 0.333. The van der Waals surface area contributed by atoms with Gasteiger partial charge in [-0.15, -0.1) is 0 Å². The average molecular weight is 496 g/mol. The van der Waals surface area contributed by atoms with Gasteiger partial charge in [-0.1, -0.05) is 55.1 Å². The number of carbonyl (C=O) groups is 1. The number of benzene rings is 3. The highest BCUT2D eigenvalue weighted by molar-refractivity contribution is 6.32. The Bertz CT molecular complexity index is 1190. The summed E-state index contributed by atoms with van der Waals surface area (Å²) in [6.45, 7) is 0.710. The summed E-state index contributed by atoms with van der Waals surface area (Å²) in [7, 11) is 0. The number of amides is 1. The lowest BCUT2D eigenvalue weighted by Gasteiger charge is -2.24. The van der Waals surface area contributed by atoms with E-state index >= 15 is 0 Å². The summed E-state index contributed by atoms with van der Waals surface area (Å²) in [5.74, 6) is 0.147. The number of halogens is 1. The molecule has 1 fully saturated rings. The molecule has 1 unspecified atom stereocenters.